The molecule has 4 nitrogen and oxygen atoms in total. The number of rotatable bonds is 3. The minimum absolute atomic E-state index is 0.0236. The summed E-state index contributed by atoms with van der Waals surface area (Å²) >= 11 is 5.71. The zero-order valence-corrected chi connectivity index (χ0v) is 9.55. The number of nitrogens with one attached hydrogen (secondary N) is 1. The maximum Gasteiger partial charge on any atom is 0.150 e. The Morgan fingerprint density at radius 1 is 1.35 bits per heavy atom. The van der Waals surface area contributed by atoms with Crippen LogP contribution in [0.4, 0.5) is 14.5 Å². The van der Waals surface area contributed by atoms with E-state index in [-0.39, 0.29) is 17.3 Å². The molecular formula is C10H8ClF2N3O. The highest BCUT2D eigenvalue weighted by atomic mass is 35.5. The van der Waals surface area contributed by atoms with E-state index in [0.29, 0.717) is 11.4 Å². The van der Waals surface area contributed by atoms with Crippen molar-refractivity contribution in [3.05, 3.63) is 40.2 Å². The molecule has 0 bridgehead atoms. The Balaban J connectivity index is 2.17. The second kappa shape index (κ2) is 4.67. The zero-order chi connectivity index (χ0) is 12.4. The molecule has 1 aromatic heterocycles. The molecule has 0 fully saturated rings. The smallest absolute Gasteiger partial charge is 0.150 e. The molecule has 0 aliphatic heterocycles. The Hall–Kier alpha value is -1.69. The van der Waals surface area contributed by atoms with Crippen molar-refractivity contribution in [1.29, 1.82) is 0 Å². The SMILES string of the molecule is Cc1nonc1CNc1c(F)cc(F)cc1Cl. The van der Waals surface area contributed by atoms with Crippen LogP contribution in [0.5, 0.6) is 0 Å². The number of aryl methyl sites for hydroxylation is 1. The molecule has 0 aliphatic carbocycles. The highest BCUT2D eigenvalue weighted by molar-refractivity contribution is 6.33. The summed E-state index contributed by atoms with van der Waals surface area (Å²) in [6.07, 6.45) is 0. The van der Waals surface area contributed by atoms with Gasteiger partial charge >= 0.3 is 0 Å². The summed E-state index contributed by atoms with van der Waals surface area (Å²) in [5, 5.41) is 9.88. The van der Waals surface area contributed by atoms with Gasteiger partial charge in [0.1, 0.15) is 17.2 Å². The highest BCUT2D eigenvalue weighted by Crippen LogP contribution is 2.26. The number of nitrogens with zero attached hydrogens (tertiary/aromatic N) is 2. The molecule has 0 unspecified atom stereocenters. The van der Waals surface area contributed by atoms with Gasteiger partial charge in [-0.1, -0.05) is 21.9 Å². The Kier molecular flexibility index (Phi) is 3.23. The first kappa shape index (κ1) is 11.8. The van der Waals surface area contributed by atoms with Gasteiger partial charge in [-0.25, -0.2) is 13.4 Å². The van der Waals surface area contributed by atoms with Crippen LogP contribution in [0.25, 0.3) is 0 Å². The van der Waals surface area contributed by atoms with Crippen molar-refractivity contribution < 1.29 is 13.4 Å². The van der Waals surface area contributed by atoms with Crippen LogP contribution in [0.1, 0.15) is 11.4 Å². The van der Waals surface area contributed by atoms with Crippen LogP contribution in [-0.2, 0) is 6.54 Å². The molecular weight excluding hydrogens is 252 g/mol. The summed E-state index contributed by atoms with van der Waals surface area (Å²) in [5.41, 5.74) is 1.15. The second-order valence-corrected chi connectivity index (χ2v) is 3.80. The normalized spacial score (nSPS) is 10.6. The van der Waals surface area contributed by atoms with E-state index in [4.69, 9.17) is 11.6 Å². The molecule has 90 valence electrons. The number of aromatic nitrogens is 2. The van der Waals surface area contributed by atoms with Gasteiger partial charge in [0.25, 0.3) is 0 Å². The standard InChI is InChI=1S/C10H8ClF2N3O/c1-5-9(16-17-15-5)4-14-10-7(11)2-6(12)3-8(10)13/h2-3,14H,4H2,1H3. The minimum atomic E-state index is -0.760. The summed E-state index contributed by atoms with van der Waals surface area (Å²) in [6, 6.07) is 1.78. The van der Waals surface area contributed by atoms with Gasteiger partial charge in [-0.3, -0.25) is 0 Å². The Bertz CT molecular complexity index is 521. The third-order valence-corrected chi connectivity index (χ3v) is 2.48. The van der Waals surface area contributed by atoms with Crippen LogP contribution in [0, 0.1) is 18.6 Å². The second-order valence-electron chi connectivity index (χ2n) is 3.39. The van der Waals surface area contributed by atoms with Crippen LogP contribution in [-0.4, -0.2) is 10.3 Å². The third-order valence-electron chi connectivity index (χ3n) is 2.19. The van der Waals surface area contributed by atoms with Crippen molar-refractivity contribution in [3.8, 4) is 0 Å². The number of anilines is 1. The quantitative estimate of drug-likeness (QED) is 0.921. The molecule has 0 aliphatic rings. The topological polar surface area (TPSA) is 51.0 Å². The van der Waals surface area contributed by atoms with Gasteiger partial charge in [0, 0.05) is 6.07 Å². The lowest BCUT2D eigenvalue weighted by atomic mass is 10.2. The summed E-state index contributed by atoms with van der Waals surface area (Å²) in [4.78, 5) is 0. The molecule has 1 aromatic carbocycles. The fourth-order valence-electron chi connectivity index (χ4n) is 1.29. The van der Waals surface area contributed by atoms with Crippen LogP contribution in [0.2, 0.25) is 5.02 Å². The number of hydrogen-bond acceptors (Lipinski definition) is 4. The monoisotopic (exact) mass is 259 g/mol. The molecule has 1 heterocycles. The van der Waals surface area contributed by atoms with E-state index >= 15 is 0 Å². The highest BCUT2D eigenvalue weighted by Gasteiger charge is 2.11. The third kappa shape index (κ3) is 2.52. The van der Waals surface area contributed by atoms with E-state index in [1.165, 1.54) is 0 Å². The van der Waals surface area contributed by atoms with E-state index in [0.717, 1.165) is 12.1 Å². The molecule has 1 N–H and O–H groups in total. The zero-order valence-electron chi connectivity index (χ0n) is 8.80. The lowest BCUT2D eigenvalue weighted by molar-refractivity contribution is 0.301. The van der Waals surface area contributed by atoms with Gasteiger partial charge in [-0.2, -0.15) is 0 Å². The molecule has 17 heavy (non-hydrogen) atoms. The Morgan fingerprint density at radius 2 is 2.12 bits per heavy atom. The summed E-state index contributed by atoms with van der Waals surface area (Å²) in [7, 11) is 0. The van der Waals surface area contributed by atoms with Crippen molar-refractivity contribution in [2.75, 3.05) is 5.32 Å². The molecule has 0 radical (unpaired) electrons. The first-order valence-electron chi connectivity index (χ1n) is 4.74. The van der Waals surface area contributed by atoms with E-state index in [1.54, 1.807) is 6.92 Å². The molecule has 0 spiro atoms. The molecule has 0 saturated carbocycles. The molecule has 0 amide bonds. The van der Waals surface area contributed by atoms with Crippen molar-refractivity contribution >= 4 is 17.3 Å². The van der Waals surface area contributed by atoms with Gasteiger partial charge in [0.15, 0.2) is 5.82 Å². The van der Waals surface area contributed by atoms with Crippen LogP contribution in [0.3, 0.4) is 0 Å². The molecule has 7 heteroatoms. The van der Waals surface area contributed by atoms with Crippen molar-refractivity contribution in [2.24, 2.45) is 0 Å². The first-order valence-corrected chi connectivity index (χ1v) is 5.12. The van der Waals surface area contributed by atoms with Crippen LogP contribution in [0.15, 0.2) is 16.8 Å². The van der Waals surface area contributed by atoms with Crippen molar-refractivity contribution in [2.45, 2.75) is 13.5 Å². The summed E-state index contributed by atoms with van der Waals surface area (Å²) in [6.45, 7) is 1.90. The van der Waals surface area contributed by atoms with E-state index in [1.807, 2.05) is 0 Å². The van der Waals surface area contributed by atoms with Gasteiger partial charge in [0.2, 0.25) is 0 Å². The predicted octanol–water partition coefficient (Wildman–Crippen LogP) is 2.92. The minimum Gasteiger partial charge on any atom is -0.376 e. The van der Waals surface area contributed by atoms with Crippen molar-refractivity contribution in [1.82, 2.24) is 10.3 Å². The average Bonchev–Trinajstić information content (AvgIpc) is 2.62. The van der Waals surface area contributed by atoms with Gasteiger partial charge in [0.05, 0.1) is 17.3 Å². The van der Waals surface area contributed by atoms with Gasteiger partial charge in [-0.05, 0) is 13.0 Å². The first-order chi connectivity index (χ1) is 8.08. The number of benzene rings is 1. The number of hydrogen-bond donors (Lipinski definition) is 1. The molecule has 2 rings (SSSR count). The summed E-state index contributed by atoms with van der Waals surface area (Å²) < 4.78 is 30.7. The number of halogens is 3. The maximum atomic E-state index is 13.4. The van der Waals surface area contributed by atoms with Crippen molar-refractivity contribution in [3.63, 3.8) is 0 Å². The maximum absolute atomic E-state index is 13.4. The fraction of sp³-hybridized carbons (Fsp3) is 0.200. The lowest BCUT2D eigenvalue weighted by Crippen LogP contribution is -2.04. The van der Waals surface area contributed by atoms with Gasteiger partial charge in [-0.15, -0.1) is 0 Å². The lowest BCUT2D eigenvalue weighted by Gasteiger charge is -2.08. The largest absolute Gasteiger partial charge is 0.376 e. The predicted molar refractivity (Wildman–Crippen MR) is 57.7 cm³/mol. The van der Waals surface area contributed by atoms with E-state index in [9.17, 15) is 8.78 Å². The van der Waals surface area contributed by atoms with E-state index in [2.05, 4.69) is 20.3 Å². The molecule has 0 atom stereocenters. The Labute approximate surface area is 101 Å². The molecule has 2 aromatic rings. The average molecular weight is 260 g/mol. The fourth-order valence-corrected chi connectivity index (χ4v) is 1.55. The van der Waals surface area contributed by atoms with Crippen LogP contribution >= 0.6 is 11.6 Å². The van der Waals surface area contributed by atoms with Crippen LogP contribution < -0.4 is 5.32 Å². The molecule has 0 saturated heterocycles. The summed E-state index contributed by atoms with van der Waals surface area (Å²) in [5.74, 6) is -1.48. The van der Waals surface area contributed by atoms with Gasteiger partial charge < -0.3 is 5.32 Å². The Morgan fingerprint density at radius 3 is 2.71 bits per heavy atom. The van der Waals surface area contributed by atoms with E-state index < -0.39 is 11.6 Å².